The fourth-order valence-electron chi connectivity index (χ4n) is 2.43. The summed E-state index contributed by atoms with van der Waals surface area (Å²) in [4.78, 5) is 13.9. The zero-order chi connectivity index (χ0) is 20.4. The average Bonchev–Trinajstić information content (AvgIpc) is 2.63. The Bertz CT molecular complexity index is 349. The molecule has 0 atom stereocenters. The monoisotopic (exact) mass is 409 g/mol. The molecule has 0 aliphatic heterocycles. The van der Waals surface area contributed by atoms with Crippen LogP contribution in [0.25, 0.3) is 0 Å². The predicted octanol–water partition coefficient (Wildman–Crippen LogP) is 0.665. The van der Waals surface area contributed by atoms with Gasteiger partial charge in [0.15, 0.2) is 0 Å². The van der Waals surface area contributed by atoms with E-state index in [2.05, 4.69) is 15.5 Å². The summed E-state index contributed by atoms with van der Waals surface area (Å²) >= 11 is 0. The minimum absolute atomic E-state index is 0.0365. The molecule has 0 aliphatic rings. The topological polar surface area (TPSA) is 102 Å². The molecule has 0 bridgehead atoms. The highest BCUT2D eigenvalue weighted by Crippen LogP contribution is 2.17. The molecular weight excluding hydrogens is 370 g/mol. The maximum absolute atomic E-state index is 11.8. The van der Waals surface area contributed by atoms with E-state index in [-0.39, 0.29) is 12.6 Å². The summed E-state index contributed by atoms with van der Waals surface area (Å²) in [5.74, 6) is 0. The minimum atomic E-state index is -2.63. The lowest BCUT2D eigenvalue weighted by molar-refractivity contribution is 0.0708. The maximum Gasteiger partial charge on any atom is 0.500 e. The van der Waals surface area contributed by atoms with Crippen molar-refractivity contribution >= 4 is 14.8 Å². The van der Waals surface area contributed by atoms with E-state index in [0.717, 1.165) is 19.5 Å². The van der Waals surface area contributed by atoms with Gasteiger partial charge < -0.3 is 38.7 Å². The van der Waals surface area contributed by atoms with Gasteiger partial charge in [-0.3, -0.25) is 0 Å². The SMILES string of the molecule is CCO[Si](CCCNC(=O)NCCN(C)CCOCCO)(OCC)OCC. The Morgan fingerprint density at radius 2 is 1.56 bits per heavy atom. The second-order valence-corrected chi connectivity index (χ2v) is 8.64. The molecule has 0 rings (SSSR count). The number of nitrogens with zero attached hydrogens (tertiary/aromatic N) is 1. The van der Waals surface area contributed by atoms with Crippen molar-refractivity contribution in [3.05, 3.63) is 0 Å². The van der Waals surface area contributed by atoms with E-state index in [1.54, 1.807) is 0 Å². The number of ether oxygens (including phenoxy) is 1. The van der Waals surface area contributed by atoms with E-state index >= 15 is 0 Å². The summed E-state index contributed by atoms with van der Waals surface area (Å²) in [6.45, 7) is 11.0. The van der Waals surface area contributed by atoms with Crippen LogP contribution in [0.2, 0.25) is 6.04 Å². The zero-order valence-electron chi connectivity index (χ0n) is 17.4. The van der Waals surface area contributed by atoms with Crippen molar-refractivity contribution in [2.24, 2.45) is 0 Å². The summed E-state index contributed by atoms with van der Waals surface area (Å²) in [5, 5.41) is 14.3. The average molecular weight is 410 g/mol. The van der Waals surface area contributed by atoms with Gasteiger partial charge in [-0.1, -0.05) is 0 Å². The summed E-state index contributed by atoms with van der Waals surface area (Å²) in [7, 11) is -0.673. The van der Waals surface area contributed by atoms with Gasteiger partial charge in [0.2, 0.25) is 0 Å². The Morgan fingerprint density at radius 1 is 0.963 bits per heavy atom. The number of amides is 2. The van der Waals surface area contributed by atoms with Crippen LogP contribution in [0, 0.1) is 0 Å². The number of urea groups is 1. The number of rotatable bonds is 18. The summed E-state index contributed by atoms with van der Waals surface area (Å²) in [5.41, 5.74) is 0. The Morgan fingerprint density at radius 3 is 2.11 bits per heavy atom. The van der Waals surface area contributed by atoms with Gasteiger partial charge >= 0.3 is 14.8 Å². The molecule has 0 fully saturated rings. The molecule has 0 spiro atoms. The molecule has 0 aromatic rings. The van der Waals surface area contributed by atoms with Crippen LogP contribution >= 0.6 is 0 Å². The Labute approximate surface area is 165 Å². The second kappa shape index (κ2) is 17.4. The molecule has 0 aliphatic carbocycles. The molecular formula is C17H39N3O6Si. The fourth-order valence-corrected chi connectivity index (χ4v) is 5.04. The molecule has 10 heteroatoms. The molecule has 162 valence electrons. The van der Waals surface area contributed by atoms with Gasteiger partial charge in [-0.25, -0.2) is 4.79 Å². The summed E-state index contributed by atoms with van der Waals surface area (Å²) < 4.78 is 22.6. The summed E-state index contributed by atoms with van der Waals surface area (Å²) in [6, 6.07) is 0.496. The molecule has 2 amide bonds. The highest BCUT2D eigenvalue weighted by Gasteiger charge is 2.39. The van der Waals surface area contributed by atoms with Gasteiger partial charge in [-0.2, -0.15) is 0 Å². The van der Waals surface area contributed by atoms with Gasteiger partial charge in [0.1, 0.15) is 0 Å². The van der Waals surface area contributed by atoms with E-state index in [1.807, 2.05) is 27.8 Å². The first-order valence-corrected chi connectivity index (χ1v) is 11.8. The van der Waals surface area contributed by atoms with E-state index < -0.39 is 8.80 Å². The van der Waals surface area contributed by atoms with Crippen molar-refractivity contribution in [1.82, 2.24) is 15.5 Å². The molecule has 0 saturated carbocycles. The van der Waals surface area contributed by atoms with E-state index in [0.29, 0.717) is 52.2 Å². The molecule has 0 aromatic heterocycles. The molecule has 0 radical (unpaired) electrons. The van der Waals surface area contributed by atoms with Crippen molar-refractivity contribution in [3.63, 3.8) is 0 Å². The lowest BCUT2D eigenvalue weighted by Gasteiger charge is -2.28. The van der Waals surface area contributed by atoms with Crippen LogP contribution in [0.1, 0.15) is 27.2 Å². The van der Waals surface area contributed by atoms with E-state index in [4.69, 9.17) is 23.1 Å². The lowest BCUT2D eigenvalue weighted by atomic mass is 10.5. The van der Waals surface area contributed by atoms with Crippen molar-refractivity contribution in [3.8, 4) is 0 Å². The molecule has 0 aromatic carbocycles. The van der Waals surface area contributed by atoms with E-state index in [9.17, 15) is 4.79 Å². The van der Waals surface area contributed by atoms with Crippen molar-refractivity contribution in [2.75, 3.05) is 72.9 Å². The summed E-state index contributed by atoms with van der Waals surface area (Å²) in [6.07, 6.45) is 0.738. The third-order valence-electron chi connectivity index (χ3n) is 3.67. The number of nitrogens with one attached hydrogen (secondary N) is 2. The lowest BCUT2D eigenvalue weighted by Crippen LogP contribution is -2.47. The smallest absolute Gasteiger partial charge is 0.394 e. The molecule has 0 heterocycles. The van der Waals surface area contributed by atoms with Crippen LogP contribution in [0.5, 0.6) is 0 Å². The third-order valence-corrected chi connectivity index (χ3v) is 6.82. The number of aliphatic hydroxyl groups excluding tert-OH is 1. The molecule has 9 nitrogen and oxygen atoms in total. The quantitative estimate of drug-likeness (QED) is 0.226. The Balaban J connectivity index is 3.91. The van der Waals surface area contributed by atoms with E-state index in [1.165, 1.54) is 0 Å². The van der Waals surface area contributed by atoms with Gasteiger partial charge in [-0.05, 0) is 34.2 Å². The van der Waals surface area contributed by atoms with Crippen LogP contribution in [-0.2, 0) is 18.0 Å². The number of likely N-dealkylation sites (N-methyl/N-ethyl adjacent to an activating group) is 1. The van der Waals surface area contributed by atoms with Gasteiger partial charge in [0, 0.05) is 52.0 Å². The normalized spacial score (nSPS) is 11.8. The molecule has 3 N–H and O–H groups in total. The van der Waals surface area contributed by atoms with Crippen molar-refractivity contribution in [1.29, 1.82) is 0 Å². The predicted molar refractivity (Wildman–Crippen MR) is 107 cm³/mol. The van der Waals surface area contributed by atoms with Crippen molar-refractivity contribution < 1.29 is 27.9 Å². The van der Waals surface area contributed by atoms with Crippen LogP contribution in [0.3, 0.4) is 0 Å². The first-order valence-electron chi connectivity index (χ1n) is 9.84. The Kier molecular flexibility index (Phi) is 16.9. The maximum atomic E-state index is 11.8. The van der Waals surface area contributed by atoms with Crippen LogP contribution in [0.15, 0.2) is 0 Å². The van der Waals surface area contributed by atoms with Crippen LogP contribution < -0.4 is 10.6 Å². The molecule has 0 saturated heterocycles. The Hall–Kier alpha value is -0.753. The van der Waals surface area contributed by atoms with Gasteiger partial charge in [0.05, 0.1) is 19.8 Å². The van der Waals surface area contributed by atoms with Gasteiger partial charge in [0.25, 0.3) is 0 Å². The number of carbonyl (C=O) groups excluding carboxylic acids is 1. The highest BCUT2D eigenvalue weighted by atomic mass is 28.4. The zero-order valence-corrected chi connectivity index (χ0v) is 18.4. The number of aliphatic hydroxyl groups is 1. The third kappa shape index (κ3) is 14.0. The molecule has 27 heavy (non-hydrogen) atoms. The number of carbonyl (C=O) groups is 1. The van der Waals surface area contributed by atoms with Crippen LogP contribution in [-0.4, -0.2) is 97.7 Å². The molecule has 0 unspecified atom stereocenters. The standard InChI is InChI=1S/C17H39N3O6Si/c1-5-24-27(25-6-2,26-7-3)16-8-9-18-17(22)19-10-11-20(4)12-14-23-15-13-21/h21H,5-16H2,1-4H3,(H2,18,19,22). The first-order chi connectivity index (χ1) is 13.0. The number of hydrogen-bond acceptors (Lipinski definition) is 7. The van der Waals surface area contributed by atoms with Crippen LogP contribution in [0.4, 0.5) is 4.79 Å². The van der Waals surface area contributed by atoms with Gasteiger partial charge in [-0.15, -0.1) is 0 Å². The van der Waals surface area contributed by atoms with Crippen molar-refractivity contribution in [2.45, 2.75) is 33.2 Å². The number of hydrogen-bond donors (Lipinski definition) is 3. The highest BCUT2D eigenvalue weighted by molar-refractivity contribution is 6.60. The fraction of sp³-hybridized carbons (Fsp3) is 0.941. The minimum Gasteiger partial charge on any atom is -0.394 e. The second-order valence-electron chi connectivity index (χ2n) is 5.91. The first kappa shape index (κ1) is 26.2. The largest absolute Gasteiger partial charge is 0.500 e.